The van der Waals surface area contributed by atoms with Crippen molar-refractivity contribution in [2.45, 2.75) is 26.7 Å². The van der Waals surface area contributed by atoms with E-state index in [0.717, 1.165) is 60.4 Å². The van der Waals surface area contributed by atoms with Gasteiger partial charge in [0, 0.05) is 49.0 Å². The lowest BCUT2D eigenvalue weighted by Gasteiger charge is -2.36. The fourth-order valence-corrected chi connectivity index (χ4v) is 4.24. The van der Waals surface area contributed by atoms with Crippen LogP contribution in [0.5, 0.6) is 0 Å². The van der Waals surface area contributed by atoms with Crippen molar-refractivity contribution in [3.05, 3.63) is 76.6 Å². The number of anilines is 1. The van der Waals surface area contributed by atoms with E-state index in [2.05, 4.69) is 24.0 Å². The Kier molecular flexibility index (Phi) is 6.09. The van der Waals surface area contributed by atoms with Gasteiger partial charge in [-0.1, -0.05) is 29.8 Å². The van der Waals surface area contributed by atoms with Crippen molar-refractivity contribution in [1.82, 2.24) is 14.7 Å². The van der Waals surface area contributed by atoms with Gasteiger partial charge < -0.3 is 9.80 Å². The lowest BCUT2D eigenvalue weighted by Crippen LogP contribution is -2.48. The van der Waals surface area contributed by atoms with Gasteiger partial charge in [0.15, 0.2) is 0 Å². The molecule has 0 radical (unpaired) electrons. The molecule has 156 valence electrons. The number of nitrogens with zero attached hydrogens (tertiary/aromatic N) is 4. The minimum absolute atomic E-state index is 0.219. The number of benzene rings is 2. The zero-order valence-electron chi connectivity index (χ0n) is 17.5. The highest BCUT2D eigenvalue weighted by Gasteiger charge is 2.22. The zero-order chi connectivity index (χ0) is 21.1. The smallest absolute Gasteiger partial charge is 0.223 e. The van der Waals surface area contributed by atoms with E-state index in [1.165, 1.54) is 5.56 Å². The summed E-state index contributed by atoms with van der Waals surface area (Å²) >= 11 is 5.98. The van der Waals surface area contributed by atoms with E-state index < -0.39 is 0 Å². The Labute approximate surface area is 182 Å². The normalized spacial score (nSPS) is 14.2. The lowest BCUT2D eigenvalue weighted by atomic mass is 10.1. The summed E-state index contributed by atoms with van der Waals surface area (Å²) < 4.78 is 1.97. The van der Waals surface area contributed by atoms with E-state index in [4.69, 9.17) is 16.7 Å². The predicted molar refractivity (Wildman–Crippen MR) is 122 cm³/mol. The van der Waals surface area contributed by atoms with Crippen molar-refractivity contribution in [2.24, 2.45) is 0 Å². The van der Waals surface area contributed by atoms with Crippen molar-refractivity contribution in [1.29, 1.82) is 0 Å². The molecular weight excluding hydrogens is 396 g/mol. The van der Waals surface area contributed by atoms with Gasteiger partial charge in [0.2, 0.25) is 5.91 Å². The summed E-state index contributed by atoms with van der Waals surface area (Å²) in [6.45, 7) is 7.30. The predicted octanol–water partition coefficient (Wildman–Crippen LogP) is 4.42. The number of rotatable bonds is 5. The molecule has 0 unspecified atom stereocenters. The highest BCUT2D eigenvalue weighted by atomic mass is 35.5. The number of para-hydroxylation sites is 1. The molecule has 0 bridgehead atoms. The van der Waals surface area contributed by atoms with Crippen molar-refractivity contribution in [3.63, 3.8) is 0 Å². The van der Waals surface area contributed by atoms with Gasteiger partial charge in [0.05, 0.1) is 11.4 Å². The minimum atomic E-state index is 0.219. The van der Waals surface area contributed by atoms with E-state index >= 15 is 0 Å². The first-order valence-electron chi connectivity index (χ1n) is 10.4. The number of aromatic nitrogens is 2. The van der Waals surface area contributed by atoms with Crippen LogP contribution in [-0.4, -0.2) is 46.8 Å². The van der Waals surface area contributed by atoms with Crippen molar-refractivity contribution in [2.75, 3.05) is 31.1 Å². The summed E-state index contributed by atoms with van der Waals surface area (Å²) in [6.07, 6.45) is 1.24. The average Bonchev–Trinajstić information content (AvgIpc) is 3.06. The maximum Gasteiger partial charge on any atom is 0.223 e. The number of amides is 1. The molecule has 5 nitrogen and oxygen atoms in total. The van der Waals surface area contributed by atoms with E-state index in [9.17, 15) is 4.79 Å². The number of piperazine rings is 1. The molecule has 0 saturated carbocycles. The standard InChI is InChI=1S/C24H27ClN4O/c1-18-23(19(2)29(26-18)22-6-4-3-5-7-22)12-13-24(30)28-16-14-27(15-17-28)21-10-8-20(25)9-11-21/h3-11H,12-17H2,1-2H3. The first-order valence-corrected chi connectivity index (χ1v) is 10.8. The lowest BCUT2D eigenvalue weighted by molar-refractivity contribution is -0.131. The van der Waals surface area contributed by atoms with Crippen LogP contribution in [0.2, 0.25) is 5.02 Å². The number of hydrogen-bond acceptors (Lipinski definition) is 3. The fraction of sp³-hybridized carbons (Fsp3) is 0.333. The van der Waals surface area contributed by atoms with Crippen LogP contribution >= 0.6 is 11.6 Å². The Morgan fingerprint density at radius 3 is 2.27 bits per heavy atom. The number of carbonyl (C=O) groups excluding carboxylic acids is 1. The summed E-state index contributed by atoms with van der Waals surface area (Å²) in [7, 11) is 0. The third-order valence-electron chi connectivity index (χ3n) is 5.85. The third kappa shape index (κ3) is 4.36. The summed E-state index contributed by atoms with van der Waals surface area (Å²) in [5, 5.41) is 5.44. The zero-order valence-corrected chi connectivity index (χ0v) is 18.3. The summed E-state index contributed by atoms with van der Waals surface area (Å²) in [5.74, 6) is 0.219. The van der Waals surface area contributed by atoms with Crippen LogP contribution in [-0.2, 0) is 11.2 Å². The van der Waals surface area contributed by atoms with Crippen molar-refractivity contribution >= 4 is 23.2 Å². The van der Waals surface area contributed by atoms with E-state index in [1.54, 1.807) is 0 Å². The molecule has 2 aromatic carbocycles. The van der Waals surface area contributed by atoms with Crippen molar-refractivity contribution < 1.29 is 4.79 Å². The molecule has 1 fully saturated rings. The van der Waals surface area contributed by atoms with Gasteiger partial charge in [-0.05, 0) is 62.2 Å². The van der Waals surface area contributed by atoms with Crippen molar-refractivity contribution in [3.8, 4) is 5.69 Å². The molecule has 0 spiro atoms. The number of carbonyl (C=O) groups is 1. The molecule has 1 saturated heterocycles. The first-order chi connectivity index (χ1) is 14.5. The molecule has 1 amide bonds. The Hall–Kier alpha value is -2.79. The van der Waals surface area contributed by atoms with Gasteiger partial charge in [-0.15, -0.1) is 0 Å². The second-order valence-corrected chi connectivity index (χ2v) is 8.18. The fourth-order valence-electron chi connectivity index (χ4n) is 4.11. The topological polar surface area (TPSA) is 41.4 Å². The summed E-state index contributed by atoms with van der Waals surface area (Å²) in [5.41, 5.74) is 5.49. The summed E-state index contributed by atoms with van der Waals surface area (Å²) in [6, 6.07) is 18.0. The molecule has 0 N–H and O–H groups in total. The highest BCUT2D eigenvalue weighted by Crippen LogP contribution is 2.21. The van der Waals surface area contributed by atoms with E-state index in [1.807, 2.05) is 59.0 Å². The molecule has 0 aliphatic carbocycles. The van der Waals surface area contributed by atoms with Crippen LogP contribution in [0.3, 0.4) is 0 Å². The maximum absolute atomic E-state index is 12.8. The van der Waals surface area contributed by atoms with Gasteiger partial charge in [-0.2, -0.15) is 5.10 Å². The number of halogens is 1. The molecule has 30 heavy (non-hydrogen) atoms. The average molecular weight is 423 g/mol. The quantitative estimate of drug-likeness (QED) is 0.611. The van der Waals surface area contributed by atoms with Gasteiger partial charge >= 0.3 is 0 Å². The number of hydrogen-bond donors (Lipinski definition) is 0. The molecular formula is C24H27ClN4O. The van der Waals surface area contributed by atoms with Crippen LogP contribution in [0.15, 0.2) is 54.6 Å². The van der Waals surface area contributed by atoms with Crippen LogP contribution in [0.25, 0.3) is 5.69 Å². The maximum atomic E-state index is 12.8. The Bertz CT molecular complexity index is 1010. The molecule has 2 heterocycles. The van der Waals surface area contributed by atoms with Crippen LogP contribution in [0, 0.1) is 13.8 Å². The monoisotopic (exact) mass is 422 g/mol. The van der Waals surface area contributed by atoms with Gasteiger partial charge in [0.25, 0.3) is 0 Å². The van der Waals surface area contributed by atoms with Crippen LogP contribution in [0.1, 0.15) is 23.4 Å². The molecule has 1 aliphatic rings. The van der Waals surface area contributed by atoms with E-state index in [0.29, 0.717) is 6.42 Å². The van der Waals surface area contributed by atoms with E-state index in [-0.39, 0.29) is 5.91 Å². The van der Waals surface area contributed by atoms with Gasteiger partial charge in [-0.3, -0.25) is 4.79 Å². The highest BCUT2D eigenvalue weighted by molar-refractivity contribution is 6.30. The van der Waals surface area contributed by atoms with Gasteiger partial charge in [0.1, 0.15) is 0 Å². The van der Waals surface area contributed by atoms with Gasteiger partial charge in [-0.25, -0.2) is 4.68 Å². The number of aryl methyl sites for hydroxylation is 1. The largest absolute Gasteiger partial charge is 0.368 e. The third-order valence-corrected chi connectivity index (χ3v) is 6.11. The molecule has 6 heteroatoms. The second kappa shape index (κ2) is 8.92. The molecule has 4 rings (SSSR count). The molecule has 1 aliphatic heterocycles. The minimum Gasteiger partial charge on any atom is -0.368 e. The summed E-state index contributed by atoms with van der Waals surface area (Å²) in [4.78, 5) is 17.1. The van der Waals surface area contributed by atoms with Crippen LogP contribution < -0.4 is 4.90 Å². The molecule has 0 atom stereocenters. The molecule has 1 aromatic heterocycles. The Balaban J connectivity index is 1.34. The Morgan fingerprint density at radius 2 is 1.60 bits per heavy atom. The Morgan fingerprint density at radius 1 is 0.933 bits per heavy atom. The first kappa shape index (κ1) is 20.5. The second-order valence-electron chi connectivity index (χ2n) is 7.74. The van der Waals surface area contributed by atoms with Crippen LogP contribution in [0.4, 0.5) is 5.69 Å². The SMILES string of the molecule is Cc1nn(-c2ccccc2)c(C)c1CCC(=O)N1CCN(c2ccc(Cl)cc2)CC1. The molecule has 3 aromatic rings.